The van der Waals surface area contributed by atoms with E-state index in [9.17, 15) is 9.59 Å². The van der Waals surface area contributed by atoms with Crippen molar-refractivity contribution < 1.29 is 19.1 Å². The van der Waals surface area contributed by atoms with Gasteiger partial charge in [0.05, 0.1) is 12.5 Å². The van der Waals surface area contributed by atoms with Crippen molar-refractivity contribution in [3.8, 4) is 0 Å². The molecule has 5 atom stereocenters. The molecule has 5 heteroatoms. The third kappa shape index (κ3) is 1.72. The Morgan fingerprint density at radius 3 is 3.00 bits per heavy atom. The van der Waals surface area contributed by atoms with Crippen LogP contribution in [0.5, 0.6) is 0 Å². The molecule has 3 rings (SSSR count). The monoisotopic (exact) mass is 253 g/mol. The van der Waals surface area contributed by atoms with Crippen LogP contribution in [0.15, 0.2) is 0 Å². The van der Waals surface area contributed by atoms with Gasteiger partial charge in [0.1, 0.15) is 12.2 Å². The third-order valence-corrected chi connectivity index (χ3v) is 4.62. The van der Waals surface area contributed by atoms with Gasteiger partial charge < -0.3 is 9.47 Å². The predicted octanol–water partition coefficient (Wildman–Crippen LogP) is 0.431. The van der Waals surface area contributed by atoms with Crippen molar-refractivity contribution in [2.45, 2.75) is 32.0 Å². The fourth-order valence-electron chi connectivity index (χ4n) is 3.59. The van der Waals surface area contributed by atoms with E-state index in [2.05, 4.69) is 0 Å². The molecule has 0 aromatic heterocycles. The topological polar surface area (TPSA) is 55.8 Å². The molecule has 5 unspecified atom stereocenters. The van der Waals surface area contributed by atoms with Gasteiger partial charge in [-0.3, -0.25) is 14.5 Å². The third-order valence-electron chi connectivity index (χ3n) is 4.62. The molecular formula is C13H19NO4. The van der Waals surface area contributed by atoms with E-state index in [0.717, 1.165) is 19.4 Å². The summed E-state index contributed by atoms with van der Waals surface area (Å²) in [6.07, 6.45) is 1.44. The summed E-state index contributed by atoms with van der Waals surface area (Å²) in [5.41, 5.74) is 0. The second-order valence-electron chi connectivity index (χ2n) is 5.69. The van der Waals surface area contributed by atoms with Gasteiger partial charge in [-0.05, 0) is 26.4 Å². The summed E-state index contributed by atoms with van der Waals surface area (Å²) in [6, 6.07) is 0. The first-order chi connectivity index (χ1) is 8.60. The van der Waals surface area contributed by atoms with Crippen LogP contribution in [0, 0.1) is 17.8 Å². The van der Waals surface area contributed by atoms with Crippen LogP contribution in [0.1, 0.15) is 19.8 Å². The highest BCUT2D eigenvalue weighted by Crippen LogP contribution is 2.55. The van der Waals surface area contributed by atoms with Crippen molar-refractivity contribution in [3.63, 3.8) is 0 Å². The van der Waals surface area contributed by atoms with Crippen molar-refractivity contribution in [1.82, 2.24) is 4.90 Å². The first-order valence-electron chi connectivity index (χ1n) is 6.68. The van der Waals surface area contributed by atoms with Crippen molar-refractivity contribution in [2.75, 3.05) is 20.1 Å². The SMILES string of the molecule is CCN(C)CC(=O)OC1C2CC3C(=O)OC1C3C2. The first-order valence-corrected chi connectivity index (χ1v) is 6.68. The molecule has 0 spiro atoms. The second kappa shape index (κ2) is 4.23. The van der Waals surface area contributed by atoms with Gasteiger partial charge in [0.25, 0.3) is 0 Å². The fraction of sp³-hybridized carbons (Fsp3) is 0.846. The molecule has 3 fully saturated rings. The molecule has 0 aromatic carbocycles. The molecule has 2 aliphatic carbocycles. The van der Waals surface area contributed by atoms with Crippen LogP contribution >= 0.6 is 0 Å². The molecular weight excluding hydrogens is 234 g/mol. The summed E-state index contributed by atoms with van der Waals surface area (Å²) in [4.78, 5) is 25.3. The van der Waals surface area contributed by atoms with Gasteiger partial charge >= 0.3 is 11.9 Å². The van der Waals surface area contributed by atoms with E-state index in [1.54, 1.807) is 0 Å². The second-order valence-corrected chi connectivity index (χ2v) is 5.69. The molecule has 1 aliphatic heterocycles. The van der Waals surface area contributed by atoms with Gasteiger partial charge in [-0.25, -0.2) is 0 Å². The van der Waals surface area contributed by atoms with Crippen LogP contribution in [0.25, 0.3) is 0 Å². The number of rotatable bonds is 4. The Morgan fingerprint density at radius 1 is 1.50 bits per heavy atom. The minimum atomic E-state index is -0.212. The summed E-state index contributed by atoms with van der Waals surface area (Å²) in [6.45, 7) is 3.11. The number of ether oxygens (including phenoxy) is 2. The Balaban J connectivity index is 1.62. The van der Waals surface area contributed by atoms with Crippen LogP contribution in [0.4, 0.5) is 0 Å². The average molecular weight is 253 g/mol. The van der Waals surface area contributed by atoms with E-state index in [1.807, 2.05) is 18.9 Å². The van der Waals surface area contributed by atoms with Crippen LogP contribution < -0.4 is 0 Å². The molecule has 2 saturated carbocycles. The first kappa shape index (κ1) is 12.0. The Morgan fingerprint density at radius 2 is 2.28 bits per heavy atom. The molecule has 0 radical (unpaired) electrons. The smallest absolute Gasteiger partial charge is 0.320 e. The molecule has 0 N–H and O–H groups in total. The lowest BCUT2D eigenvalue weighted by Crippen LogP contribution is -2.38. The van der Waals surface area contributed by atoms with Gasteiger partial charge in [-0.2, -0.15) is 0 Å². The molecule has 0 amide bonds. The number of carbonyl (C=O) groups is 2. The molecule has 18 heavy (non-hydrogen) atoms. The van der Waals surface area contributed by atoms with Crippen molar-refractivity contribution in [3.05, 3.63) is 0 Å². The predicted molar refractivity (Wildman–Crippen MR) is 62.6 cm³/mol. The minimum absolute atomic E-state index is 0.0771. The van der Waals surface area contributed by atoms with E-state index < -0.39 is 0 Å². The minimum Gasteiger partial charge on any atom is -0.458 e. The maximum Gasteiger partial charge on any atom is 0.320 e. The summed E-state index contributed by atoms with van der Waals surface area (Å²) >= 11 is 0. The summed E-state index contributed by atoms with van der Waals surface area (Å²) in [5.74, 6) is 0.401. The number of likely N-dealkylation sites (N-methyl/N-ethyl adjacent to an activating group) is 1. The number of carbonyl (C=O) groups excluding carboxylic acids is 2. The molecule has 3 aliphatic rings. The maximum atomic E-state index is 11.8. The molecule has 1 saturated heterocycles. The quantitative estimate of drug-likeness (QED) is 0.680. The molecule has 0 aromatic rings. The zero-order valence-corrected chi connectivity index (χ0v) is 10.8. The van der Waals surface area contributed by atoms with Crippen LogP contribution in [-0.2, 0) is 19.1 Å². The lowest BCUT2D eigenvalue weighted by Gasteiger charge is -2.26. The number of nitrogens with zero attached hydrogens (tertiary/aromatic N) is 1. The zero-order valence-electron chi connectivity index (χ0n) is 10.8. The van der Waals surface area contributed by atoms with Crippen LogP contribution in [0.2, 0.25) is 0 Å². The maximum absolute atomic E-state index is 11.8. The van der Waals surface area contributed by atoms with E-state index in [0.29, 0.717) is 18.4 Å². The van der Waals surface area contributed by atoms with Crippen molar-refractivity contribution >= 4 is 11.9 Å². The molecule has 1 heterocycles. The Kier molecular flexibility index (Phi) is 2.81. The molecule has 100 valence electrons. The van der Waals surface area contributed by atoms with E-state index in [1.165, 1.54) is 0 Å². The standard InChI is InChI=1S/C13H19NO4/c1-3-14(2)6-10(15)17-11-7-4-8-9(5-7)13(16)18-12(8)11/h7-9,11-12H,3-6H2,1-2H3. The number of hydrogen-bond acceptors (Lipinski definition) is 5. The Labute approximate surface area is 106 Å². The van der Waals surface area contributed by atoms with Crippen LogP contribution in [0.3, 0.4) is 0 Å². The van der Waals surface area contributed by atoms with Crippen LogP contribution in [-0.4, -0.2) is 49.2 Å². The highest BCUT2D eigenvalue weighted by Gasteiger charge is 2.63. The zero-order chi connectivity index (χ0) is 12.9. The number of fused-ring (bicyclic) bond motifs is 1. The summed E-state index contributed by atoms with van der Waals surface area (Å²) in [7, 11) is 1.88. The Hall–Kier alpha value is -1.10. The van der Waals surface area contributed by atoms with Gasteiger partial charge in [0.2, 0.25) is 0 Å². The largest absolute Gasteiger partial charge is 0.458 e. The van der Waals surface area contributed by atoms with Gasteiger partial charge in [-0.15, -0.1) is 0 Å². The Bertz CT molecular complexity index is 383. The van der Waals surface area contributed by atoms with Gasteiger partial charge in [0.15, 0.2) is 0 Å². The lowest BCUT2D eigenvalue weighted by molar-refractivity contribution is -0.162. The van der Waals surface area contributed by atoms with E-state index in [4.69, 9.17) is 9.47 Å². The number of esters is 2. The van der Waals surface area contributed by atoms with Crippen molar-refractivity contribution in [2.24, 2.45) is 17.8 Å². The van der Waals surface area contributed by atoms with Gasteiger partial charge in [0, 0.05) is 11.8 Å². The number of hydrogen-bond donors (Lipinski definition) is 0. The normalized spacial score (nSPS) is 40.4. The summed E-state index contributed by atoms with van der Waals surface area (Å²) < 4.78 is 10.9. The lowest BCUT2D eigenvalue weighted by atomic mass is 9.88. The van der Waals surface area contributed by atoms with Gasteiger partial charge in [-0.1, -0.05) is 6.92 Å². The van der Waals surface area contributed by atoms with E-state index in [-0.39, 0.29) is 30.1 Å². The fourth-order valence-corrected chi connectivity index (χ4v) is 3.59. The highest BCUT2D eigenvalue weighted by atomic mass is 16.6. The highest BCUT2D eigenvalue weighted by molar-refractivity contribution is 5.77. The average Bonchev–Trinajstić information content (AvgIpc) is 2.93. The molecule has 2 bridgehead atoms. The summed E-state index contributed by atoms with van der Waals surface area (Å²) in [5, 5.41) is 0. The molecule has 5 nitrogen and oxygen atoms in total. The van der Waals surface area contributed by atoms with E-state index >= 15 is 0 Å². The van der Waals surface area contributed by atoms with Crippen molar-refractivity contribution in [1.29, 1.82) is 0 Å².